The third-order valence-corrected chi connectivity index (χ3v) is 3.70. The number of hydrogen-bond donors (Lipinski definition) is 1. The van der Waals surface area contributed by atoms with Gasteiger partial charge in [-0.1, -0.05) is 30.3 Å². The van der Waals surface area contributed by atoms with Crippen LogP contribution >= 0.6 is 0 Å². The number of nitrogens with two attached hydrogens (primary N) is 1. The van der Waals surface area contributed by atoms with Crippen LogP contribution in [0.2, 0.25) is 0 Å². The van der Waals surface area contributed by atoms with Crippen molar-refractivity contribution in [2.75, 3.05) is 0 Å². The zero-order valence-electron chi connectivity index (χ0n) is 12.1. The predicted molar refractivity (Wildman–Crippen MR) is 84.1 cm³/mol. The maximum atomic E-state index is 5.96. The van der Waals surface area contributed by atoms with Gasteiger partial charge in [0, 0.05) is 31.0 Å². The van der Waals surface area contributed by atoms with Gasteiger partial charge in [0.25, 0.3) is 0 Å². The van der Waals surface area contributed by atoms with Crippen LogP contribution in [0.3, 0.4) is 0 Å². The molecule has 0 atom stereocenters. The van der Waals surface area contributed by atoms with Gasteiger partial charge in [-0.3, -0.25) is 0 Å². The molecule has 2 N–H and O–H groups in total. The van der Waals surface area contributed by atoms with Crippen LogP contribution in [0.4, 0.5) is 0 Å². The molecule has 3 rings (SSSR count). The number of nitrogens with zero attached hydrogens (tertiary/aromatic N) is 2. The Morgan fingerprint density at radius 2 is 2.05 bits per heavy atom. The fourth-order valence-electron chi connectivity index (χ4n) is 2.57. The highest BCUT2D eigenvalue weighted by Gasteiger charge is 2.09. The number of fused-ring (bicyclic) bond motifs is 1. The minimum absolute atomic E-state index is 0.451. The first-order chi connectivity index (χ1) is 10.3. The van der Waals surface area contributed by atoms with Gasteiger partial charge >= 0.3 is 0 Å². The van der Waals surface area contributed by atoms with E-state index in [1.807, 2.05) is 24.4 Å². The second kappa shape index (κ2) is 5.97. The Bertz CT molecular complexity index is 749. The first-order valence-corrected chi connectivity index (χ1v) is 7.17. The van der Waals surface area contributed by atoms with Gasteiger partial charge < -0.3 is 15.0 Å². The lowest BCUT2D eigenvalue weighted by Crippen LogP contribution is -2.08. The Morgan fingerprint density at radius 3 is 2.86 bits per heavy atom. The first-order valence-electron chi connectivity index (χ1n) is 7.17. The van der Waals surface area contributed by atoms with Crippen molar-refractivity contribution in [3.05, 3.63) is 60.2 Å². The average Bonchev–Trinajstić information content (AvgIpc) is 2.99. The van der Waals surface area contributed by atoms with Gasteiger partial charge in [0.05, 0.1) is 0 Å². The maximum Gasteiger partial charge on any atom is 0.146 e. The second-order valence-corrected chi connectivity index (χ2v) is 4.89. The molecule has 3 aromatic rings. The maximum absolute atomic E-state index is 5.96. The molecule has 0 saturated carbocycles. The first kappa shape index (κ1) is 13.6. The highest BCUT2D eigenvalue weighted by atomic mass is 16.5. The molecule has 108 valence electrons. The molecule has 4 nitrogen and oxygen atoms in total. The van der Waals surface area contributed by atoms with E-state index in [0.717, 1.165) is 29.1 Å². The molecule has 2 aromatic carbocycles. The lowest BCUT2D eigenvalue weighted by atomic mass is 10.0. The minimum Gasteiger partial charge on any atom is -0.485 e. The SMILES string of the molecule is CCn1ccnc1COc1ccc2ccccc2c1CN. The molecule has 0 bridgehead atoms. The summed E-state index contributed by atoms with van der Waals surface area (Å²) in [4.78, 5) is 4.33. The largest absolute Gasteiger partial charge is 0.485 e. The molecule has 0 spiro atoms. The van der Waals surface area contributed by atoms with Crippen LogP contribution < -0.4 is 10.5 Å². The number of imidazole rings is 1. The summed E-state index contributed by atoms with van der Waals surface area (Å²) in [5, 5.41) is 2.33. The fourth-order valence-corrected chi connectivity index (χ4v) is 2.57. The van der Waals surface area contributed by atoms with Crippen LogP contribution in [0.5, 0.6) is 5.75 Å². The molecule has 0 aliphatic rings. The Morgan fingerprint density at radius 1 is 1.19 bits per heavy atom. The fraction of sp³-hybridized carbons (Fsp3) is 0.235. The van der Waals surface area contributed by atoms with E-state index in [1.54, 1.807) is 6.20 Å². The third kappa shape index (κ3) is 2.62. The predicted octanol–water partition coefficient (Wildman–Crippen LogP) is 3.09. The molecule has 4 heteroatoms. The van der Waals surface area contributed by atoms with Crippen LogP contribution in [-0.2, 0) is 19.7 Å². The van der Waals surface area contributed by atoms with E-state index in [9.17, 15) is 0 Å². The monoisotopic (exact) mass is 281 g/mol. The number of benzene rings is 2. The van der Waals surface area contributed by atoms with Crippen LogP contribution in [-0.4, -0.2) is 9.55 Å². The zero-order valence-corrected chi connectivity index (χ0v) is 12.1. The summed E-state index contributed by atoms with van der Waals surface area (Å²) in [5.41, 5.74) is 6.97. The third-order valence-electron chi connectivity index (χ3n) is 3.70. The second-order valence-electron chi connectivity index (χ2n) is 4.89. The summed E-state index contributed by atoms with van der Waals surface area (Å²) in [7, 11) is 0. The van der Waals surface area contributed by atoms with Gasteiger partial charge in [-0.05, 0) is 23.8 Å². The molecule has 0 unspecified atom stereocenters. The molecule has 1 aromatic heterocycles. The van der Waals surface area contributed by atoms with Crippen molar-refractivity contribution in [3.63, 3.8) is 0 Å². The molecule has 1 heterocycles. The average molecular weight is 281 g/mol. The summed E-state index contributed by atoms with van der Waals surface area (Å²) < 4.78 is 8.03. The van der Waals surface area contributed by atoms with Crippen LogP contribution in [0.25, 0.3) is 10.8 Å². The van der Waals surface area contributed by atoms with E-state index >= 15 is 0 Å². The van der Waals surface area contributed by atoms with Crippen molar-refractivity contribution in [2.45, 2.75) is 26.6 Å². The van der Waals surface area contributed by atoms with E-state index in [-0.39, 0.29) is 0 Å². The standard InChI is InChI=1S/C17H19N3O/c1-2-20-10-9-19-17(20)12-21-16-8-7-13-5-3-4-6-14(13)15(16)11-18/h3-10H,2,11-12,18H2,1H3. The molecule has 0 amide bonds. The molecular weight excluding hydrogens is 262 g/mol. The molecule has 0 fully saturated rings. The Balaban J connectivity index is 1.90. The van der Waals surface area contributed by atoms with Crippen LogP contribution in [0.1, 0.15) is 18.3 Å². The van der Waals surface area contributed by atoms with Gasteiger partial charge in [0.1, 0.15) is 18.2 Å². The summed E-state index contributed by atoms with van der Waals surface area (Å²) in [6.45, 7) is 3.89. The molecule has 0 radical (unpaired) electrons. The lowest BCUT2D eigenvalue weighted by molar-refractivity contribution is 0.287. The van der Waals surface area contributed by atoms with Crippen molar-refractivity contribution >= 4 is 10.8 Å². The number of hydrogen-bond acceptors (Lipinski definition) is 3. The number of ether oxygens (including phenoxy) is 1. The van der Waals surface area contributed by atoms with Crippen molar-refractivity contribution in [1.29, 1.82) is 0 Å². The molecule has 21 heavy (non-hydrogen) atoms. The summed E-state index contributed by atoms with van der Waals surface area (Å²) in [6, 6.07) is 12.3. The zero-order chi connectivity index (χ0) is 14.7. The Labute approximate surface area is 124 Å². The van der Waals surface area contributed by atoms with E-state index in [0.29, 0.717) is 13.2 Å². The van der Waals surface area contributed by atoms with Gasteiger partial charge in [-0.25, -0.2) is 4.98 Å². The van der Waals surface area contributed by atoms with E-state index in [2.05, 4.69) is 34.7 Å². The van der Waals surface area contributed by atoms with Crippen LogP contribution in [0, 0.1) is 0 Å². The highest BCUT2D eigenvalue weighted by molar-refractivity contribution is 5.87. The van der Waals surface area contributed by atoms with Gasteiger partial charge in [-0.15, -0.1) is 0 Å². The van der Waals surface area contributed by atoms with Crippen molar-refractivity contribution in [3.8, 4) is 5.75 Å². The van der Waals surface area contributed by atoms with Crippen molar-refractivity contribution < 1.29 is 4.74 Å². The van der Waals surface area contributed by atoms with E-state index in [1.165, 1.54) is 5.39 Å². The van der Waals surface area contributed by atoms with Crippen LogP contribution in [0.15, 0.2) is 48.8 Å². The Kier molecular flexibility index (Phi) is 3.88. The topological polar surface area (TPSA) is 53.1 Å². The minimum atomic E-state index is 0.451. The quantitative estimate of drug-likeness (QED) is 0.782. The van der Waals surface area contributed by atoms with Gasteiger partial charge in [0.2, 0.25) is 0 Å². The summed E-state index contributed by atoms with van der Waals surface area (Å²) in [5.74, 6) is 1.76. The van der Waals surface area contributed by atoms with Gasteiger partial charge in [-0.2, -0.15) is 0 Å². The van der Waals surface area contributed by atoms with Crippen molar-refractivity contribution in [1.82, 2.24) is 9.55 Å². The normalized spacial score (nSPS) is 11.0. The molecule has 0 aliphatic heterocycles. The molecule has 0 aliphatic carbocycles. The van der Waals surface area contributed by atoms with Crippen molar-refractivity contribution in [2.24, 2.45) is 5.73 Å². The van der Waals surface area contributed by atoms with E-state index in [4.69, 9.17) is 10.5 Å². The van der Waals surface area contributed by atoms with Gasteiger partial charge in [0.15, 0.2) is 0 Å². The number of aromatic nitrogens is 2. The Hall–Kier alpha value is -2.33. The molecule has 0 saturated heterocycles. The smallest absolute Gasteiger partial charge is 0.146 e. The highest BCUT2D eigenvalue weighted by Crippen LogP contribution is 2.28. The van der Waals surface area contributed by atoms with E-state index < -0.39 is 0 Å². The lowest BCUT2D eigenvalue weighted by Gasteiger charge is -2.13. The molecular formula is C17H19N3O. The number of rotatable bonds is 5. The summed E-state index contributed by atoms with van der Waals surface area (Å²) >= 11 is 0. The summed E-state index contributed by atoms with van der Waals surface area (Å²) in [6.07, 6.45) is 3.76. The number of aryl methyl sites for hydroxylation is 1.